The zero-order valence-corrected chi connectivity index (χ0v) is 8.87. The van der Waals surface area contributed by atoms with Gasteiger partial charge in [-0.3, -0.25) is 9.59 Å². The minimum atomic E-state index is -0.614. The maximum absolute atomic E-state index is 12.7. The normalized spacial score (nSPS) is 18.9. The van der Waals surface area contributed by atoms with Crippen LogP contribution in [0.15, 0.2) is 18.2 Å². The predicted molar refractivity (Wildman–Crippen MR) is 56.9 cm³/mol. The van der Waals surface area contributed by atoms with Gasteiger partial charge in [-0.15, -0.1) is 0 Å². The summed E-state index contributed by atoms with van der Waals surface area (Å²) in [6.07, 6.45) is 0.216. The van der Waals surface area contributed by atoms with Crippen molar-refractivity contribution in [3.63, 3.8) is 0 Å². The molecule has 1 atom stereocenters. The molecule has 0 saturated carbocycles. The minimum Gasteiger partial charge on any atom is -0.507 e. The summed E-state index contributed by atoms with van der Waals surface area (Å²) in [6, 6.07) is 2.86. The van der Waals surface area contributed by atoms with E-state index < -0.39 is 17.5 Å². The molecule has 0 aliphatic carbocycles. The molecular formula is C11H11FN2O3. The lowest BCUT2D eigenvalue weighted by molar-refractivity contribution is -0.119. The second-order valence-corrected chi connectivity index (χ2v) is 3.84. The van der Waals surface area contributed by atoms with Crippen LogP contribution in [0.1, 0.15) is 16.8 Å². The molecule has 6 heteroatoms. The number of amides is 2. The van der Waals surface area contributed by atoms with E-state index in [0.29, 0.717) is 6.54 Å². The summed E-state index contributed by atoms with van der Waals surface area (Å²) in [5, 5.41) is 14.6. The van der Waals surface area contributed by atoms with Gasteiger partial charge in [-0.2, -0.15) is 0 Å². The number of phenolic OH excluding ortho intramolecular Hbond substituents is 1. The van der Waals surface area contributed by atoms with Gasteiger partial charge >= 0.3 is 0 Å². The minimum absolute atomic E-state index is 0.00857. The lowest BCUT2D eigenvalue weighted by Crippen LogP contribution is -2.36. The summed E-state index contributed by atoms with van der Waals surface area (Å²) < 4.78 is 12.7. The highest BCUT2D eigenvalue weighted by atomic mass is 19.1. The van der Waals surface area contributed by atoms with E-state index in [9.17, 15) is 19.1 Å². The molecule has 0 bridgehead atoms. The molecule has 90 valence electrons. The van der Waals surface area contributed by atoms with Crippen molar-refractivity contribution >= 4 is 11.8 Å². The molecule has 0 spiro atoms. The number of rotatable bonds is 2. The first kappa shape index (κ1) is 11.4. The van der Waals surface area contributed by atoms with E-state index in [1.165, 1.54) is 6.07 Å². The van der Waals surface area contributed by atoms with Gasteiger partial charge in [-0.1, -0.05) is 0 Å². The lowest BCUT2D eigenvalue weighted by Gasteiger charge is -2.11. The Labute approximate surface area is 96.6 Å². The first-order valence-corrected chi connectivity index (χ1v) is 5.12. The molecule has 1 fully saturated rings. The Bertz CT molecular complexity index is 476. The van der Waals surface area contributed by atoms with Crippen molar-refractivity contribution in [1.82, 2.24) is 10.6 Å². The van der Waals surface area contributed by atoms with Crippen LogP contribution in [-0.2, 0) is 4.79 Å². The van der Waals surface area contributed by atoms with E-state index in [-0.39, 0.29) is 23.9 Å². The van der Waals surface area contributed by atoms with E-state index in [2.05, 4.69) is 10.6 Å². The molecule has 3 N–H and O–H groups in total. The summed E-state index contributed by atoms with van der Waals surface area (Å²) >= 11 is 0. The van der Waals surface area contributed by atoms with Gasteiger partial charge in [0.05, 0.1) is 11.6 Å². The fourth-order valence-corrected chi connectivity index (χ4v) is 1.67. The molecule has 5 nitrogen and oxygen atoms in total. The van der Waals surface area contributed by atoms with Gasteiger partial charge in [0, 0.05) is 19.0 Å². The topological polar surface area (TPSA) is 78.4 Å². The Kier molecular flexibility index (Phi) is 2.95. The molecule has 1 aromatic rings. The molecule has 2 rings (SSSR count). The summed E-state index contributed by atoms with van der Waals surface area (Å²) in [5.41, 5.74) is -0.00857. The second-order valence-electron chi connectivity index (χ2n) is 3.84. The van der Waals surface area contributed by atoms with E-state index in [0.717, 1.165) is 12.1 Å². The maximum atomic E-state index is 12.7. The van der Waals surface area contributed by atoms with Crippen molar-refractivity contribution in [2.75, 3.05) is 6.54 Å². The van der Waals surface area contributed by atoms with Gasteiger partial charge in [-0.25, -0.2) is 4.39 Å². The van der Waals surface area contributed by atoms with E-state index in [1.807, 2.05) is 0 Å². The number of benzene rings is 1. The van der Waals surface area contributed by atoms with Crippen molar-refractivity contribution < 1.29 is 19.1 Å². The van der Waals surface area contributed by atoms with Crippen LogP contribution >= 0.6 is 0 Å². The third kappa shape index (κ3) is 2.52. The Morgan fingerprint density at radius 2 is 2.29 bits per heavy atom. The fourth-order valence-electron chi connectivity index (χ4n) is 1.67. The summed E-state index contributed by atoms with van der Waals surface area (Å²) in [5.74, 6) is -1.68. The Balaban J connectivity index is 2.07. The van der Waals surface area contributed by atoms with Crippen LogP contribution < -0.4 is 10.6 Å². The molecule has 17 heavy (non-hydrogen) atoms. The Morgan fingerprint density at radius 3 is 2.88 bits per heavy atom. The Hall–Kier alpha value is -2.11. The third-order valence-corrected chi connectivity index (χ3v) is 2.52. The number of carbonyl (C=O) groups excluding carboxylic acids is 2. The number of aromatic hydroxyl groups is 1. The van der Waals surface area contributed by atoms with Crippen LogP contribution in [0.4, 0.5) is 4.39 Å². The SMILES string of the molecule is O=C1CC(NC(=O)c2ccc(F)cc2O)CN1. The van der Waals surface area contributed by atoms with Gasteiger partial charge < -0.3 is 15.7 Å². The quantitative estimate of drug-likeness (QED) is 0.686. The number of hydrogen-bond acceptors (Lipinski definition) is 3. The van der Waals surface area contributed by atoms with Crippen molar-refractivity contribution in [2.24, 2.45) is 0 Å². The standard InChI is InChI=1S/C11H11FN2O3/c12-6-1-2-8(9(15)3-6)11(17)14-7-4-10(16)13-5-7/h1-3,7,15H,4-5H2,(H,13,16)(H,14,17). The summed E-state index contributed by atoms with van der Waals surface area (Å²) in [7, 11) is 0. The summed E-state index contributed by atoms with van der Waals surface area (Å²) in [6.45, 7) is 0.368. The molecule has 1 heterocycles. The first-order valence-electron chi connectivity index (χ1n) is 5.12. The maximum Gasteiger partial charge on any atom is 0.255 e. The molecule has 0 radical (unpaired) electrons. The average Bonchev–Trinajstić information content (AvgIpc) is 2.63. The molecule has 0 aromatic heterocycles. The van der Waals surface area contributed by atoms with Gasteiger partial charge in [0.2, 0.25) is 5.91 Å². The highest BCUT2D eigenvalue weighted by molar-refractivity contribution is 5.97. The van der Waals surface area contributed by atoms with Crippen LogP contribution in [0.2, 0.25) is 0 Å². The number of halogens is 1. The molecule has 1 unspecified atom stereocenters. The molecule has 1 aromatic carbocycles. The van der Waals surface area contributed by atoms with Crippen molar-refractivity contribution in [3.05, 3.63) is 29.6 Å². The fraction of sp³-hybridized carbons (Fsp3) is 0.273. The predicted octanol–water partition coefficient (Wildman–Crippen LogP) is 0.150. The molecule has 1 aliphatic heterocycles. The van der Waals surface area contributed by atoms with E-state index >= 15 is 0 Å². The van der Waals surface area contributed by atoms with Crippen LogP contribution in [0.5, 0.6) is 5.75 Å². The lowest BCUT2D eigenvalue weighted by atomic mass is 10.1. The van der Waals surface area contributed by atoms with Gasteiger partial charge in [0.25, 0.3) is 5.91 Å². The van der Waals surface area contributed by atoms with Crippen LogP contribution in [-0.4, -0.2) is 29.5 Å². The number of hydrogen-bond donors (Lipinski definition) is 3. The van der Waals surface area contributed by atoms with E-state index in [4.69, 9.17) is 0 Å². The Morgan fingerprint density at radius 1 is 1.53 bits per heavy atom. The highest BCUT2D eigenvalue weighted by Crippen LogP contribution is 2.18. The highest BCUT2D eigenvalue weighted by Gasteiger charge is 2.24. The van der Waals surface area contributed by atoms with E-state index in [1.54, 1.807) is 0 Å². The molecule has 2 amide bonds. The van der Waals surface area contributed by atoms with Crippen LogP contribution in [0.25, 0.3) is 0 Å². The molecule has 1 saturated heterocycles. The van der Waals surface area contributed by atoms with Crippen molar-refractivity contribution in [2.45, 2.75) is 12.5 Å². The number of nitrogens with one attached hydrogen (secondary N) is 2. The van der Waals surface area contributed by atoms with Gasteiger partial charge in [-0.05, 0) is 12.1 Å². The van der Waals surface area contributed by atoms with Crippen LogP contribution in [0, 0.1) is 5.82 Å². The third-order valence-electron chi connectivity index (χ3n) is 2.52. The summed E-state index contributed by atoms with van der Waals surface area (Å²) in [4.78, 5) is 22.6. The zero-order valence-electron chi connectivity index (χ0n) is 8.87. The molecule has 1 aliphatic rings. The average molecular weight is 238 g/mol. The van der Waals surface area contributed by atoms with Crippen LogP contribution in [0.3, 0.4) is 0 Å². The first-order chi connectivity index (χ1) is 8.06. The van der Waals surface area contributed by atoms with Gasteiger partial charge in [0.1, 0.15) is 11.6 Å². The van der Waals surface area contributed by atoms with Gasteiger partial charge in [0.15, 0.2) is 0 Å². The molecular weight excluding hydrogens is 227 g/mol. The smallest absolute Gasteiger partial charge is 0.255 e. The number of phenols is 1. The largest absolute Gasteiger partial charge is 0.507 e. The van der Waals surface area contributed by atoms with Crippen molar-refractivity contribution in [1.29, 1.82) is 0 Å². The van der Waals surface area contributed by atoms with Crippen molar-refractivity contribution in [3.8, 4) is 5.75 Å². The number of carbonyl (C=O) groups is 2. The monoisotopic (exact) mass is 238 g/mol. The second kappa shape index (κ2) is 4.40. The zero-order chi connectivity index (χ0) is 12.4.